The maximum Gasteiger partial charge on any atom is 0.148 e. The third kappa shape index (κ3) is 3.12. The molecular weight excluding hydrogens is 254 g/mol. The van der Waals surface area contributed by atoms with Crippen molar-refractivity contribution in [2.45, 2.75) is 6.92 Å². The third-order valence-corrected chi connectivity index (χ3v) is 2.30. The molecule has 15 heavy (non-hydrogen) atoms. The highest BCUT2D eigenvalue weighted by Gasteiger charge is 2.00. The van der Waals surface area contributed by atoms with Crippen LogP contribution in [-0.2, 0) is 0 Å². The van der Waals surface area contributed by atoms with Crippen molar-refractivity contribution in [3.05, 3.63) is 40.0 Å². The normalized spacial score (nSPS) is 8.53. The molecule has 0 aromatic heterocycles. The quantitative estimate of drug-likeness (QED) is 0.832. The fourth-order valence-corrected chi connectivity index (χ4v) is 1.27. The smallest absolute Gasteiger partial charge is 0.148 e. The van der Waals surface area contributed by atoms with E-state index in [0.717, 1.165) is 10.2 Å². The second kappa shape index (κ2) is 5.19. The second-order valence-electron chi connectivity index (χ2n) is 2.86. The van der Waals surface area contributed by atoms with Crippen LogP contribution in [0.3, 0.4) is 0 Å². The molecule has 0 aliphatic heterocycles. The van der Waals surface area contributed by atoms with Crippen molar-refractivity contribution in [3.8, 4) is 12.1 Å². The highest BCUT2D eigenvalue weighted by molar-refractivity contribution is 9.10. The number of allylic oxidation sites excluding steroid dienone is 2. The van der Waals surface area contributed by atoms with Gasteiger partial charge in [0.15, 0.2) is 0 Å². The van der Waals surface area contributed by atoms with Gasteiger partial charge in [0.1, 0.15) is 17.7 Å². The van der Waals surface area contributed by atoms with Crippen molar-refractivity contribution in [2.75, 3.05) is 5.32 Å². The lowest BCUT2D eigenvalue weighted by Gasteiger charge is -2.05. The Hall–Kier alpha value is -1.78. The largest absolute Gasteiger partial charge is 0.357 e. The molecular formula is C11H8BrN3. The summed E-state index contributed by atoms with van der Waals surface area (Å²) in [5, 5.41) is 20.3. The van der Waals surface area contributed by atoms with Crippen molar-refractivity contribution in [1.82, 2.24) is 0 Å². The van der Waals surface area contributed by atoms with Gasteiger partial charge in [0.05, 0.1) is 0 Å². The van der Waals surface area contributed by atoms with Gasteiger partial charge in [-0.05, 0) is 31.2 Å². The van der Waals surface area contributed by atoms with Crippen LogP contribution in [0.5, 0.6) is 0 Å². The Bertz CT molecular complexity index is 444. The van der Waals surface area contributed by atoms with E-state index in [1.807, 2.05) is 36.4 Å². The molecule has 1 aromatic carbocycles. The van der Waals surface area contributed by atoms with Gasteiger partial charge in [0.25, 0.3) is 0 Å². The molecule has 0 radical (unpaired) electrons. The van der Waals surface area contributed by atoms with Crippen LogP contribution in [0.4, 0.5) is 5.69 Å². The summed E-state index contributed by atoms with van der Waals surface area (Å²) >= 11 is 3.32. The SMILES string of the molecule is CC(Nc1ccc(Br)cc1)=C(C#N)C#N. The van der Waals surface area contributed by atoms with Crippen LogP contribution in [0.1, 0.15) is 6.92 Å². The first-order chi connectivity index (χ1) is 7.17. The minimum atomic E-state index is 0.0953. The van der Waals surface area contributed by atoms with E-state index in [4.69, 9.17) is 10.5 Å². The molecule has 4 heteroatoms. The Balaban J connectivity index is 2.89. The summed E-state index contributed by atoms with van der Waals surface area (Å²) in [4.78, 5) is 0. The molecule has 0 aliphatic carbocycles. The van der Waals surface area contributed by atoms with E-state index in [1.54, 1.807) is 6.92 Å². The van der Waals surface area contributed by atoms with Crippen LogP contribution in [0.15, 0.2) is 40.0 Å². The van der Waals surface area contributed by atoms with Crippen LogP contribution < -0.4 is 5.32 Å². The van der Waals surface area contributed by atoms with Crippen molar-refractivity contribution in [1.29, 1.82) is 10.5 Å². The van der Waals surface area contributed by atoms with Crippen LogP contribution in [0, 0.1) is 22.7 Å². The lowest BCUT2D eigenvalue weighted by molar-refractivity contribution is 1.32. The monoisotopic (exact) mass is 261 g/mol. The van der Waals surface area contributed by atoms with Crippen molar-refractivity contribution in [2.24, 2.45) is 0 Å². The Morgan fingerprint density at radius 3 is 2.20 bits per heavy atom. The first-order valence-corrected chi connectivity index (χ1v) is 5.00. The van der Waals surface area contributed by atoms with Gasteiger partial charge in [-0.25, -0.2) is 0 Å². The molecule has 0 aliphatic rings. The molecule has 1 aromatic rings. The molecule has 0 unspecified atom stereocenters. The molecule has 0 amide bonds. The van der Waals surface area contributed by atoms with E-state index in [1.165, 1.54) is 0 Å². The Labute approximate surface area is 96.8 Å². The van der Waals surface area contributed by atoms with Gasteiger partial charge in [0.2, 0.25) is 0 Å². The number of nitrogens with one attached hydrogen (secondary N) is 1. The molecule has 0 atom stereocenters. The van der Waals surface area contributed by atoms with Gasteiger partial charge in [-0.3, -0.25) is 0 Å². The molecule has 0 spiro atoms. The van der Waals surface area contributed by atoms with E-state index < -0.39 is 0 Å². The molecule has 0 heterocycles. The van der Waals surface area contributed by atoms with E-state index in [0.29, 0.717) is 5.70 Å². The van der Waals surface area contributed by atoms with E-state index in [-0.39, 0.29) is 5.57 Å². The van der Waals surface area contributed by atoms with Gasteiger partial charge >= 0.3 is 0 Å². The fourth-order valence-electron chi connectivity index (χ4n) is 1.00. The summed E-state index contributed by atoms with van der Waals surface area (Å²) in [6.45, 7) is 1.70. The highest BCUT2D eigenvalue weighted by atomic mass is 79.9. The zero-order valence-corrected chi connectivity index (χ0v) is 9.67. The molecule has 74 valence electrons. The van der Waals surface area contributed by atoms with Crippen LogP contribution in [0.25, 0.3) is 0 Å². The average Bonchev–Trinajstić information content (AvgIpc) is 2.23. The maximum atomic E-state index is 8.64. The number of benzene rings is 1. The fraction of sp³-hybridized carbons (Fsp3) is 0.0909. The molecule has 1 rings (SSSR count). The van der Waals surface area contributed by atoms with E-state index in [2.05, 4.69) is 21.2 Å². The molecule has 0 saturated heterocycles. The Morgan fingerprint density at radius 1 is 1.20 bits per heavy atom. The lowest BCUT2D eigenvalue weighted by Crippen LogP contribution is -1.98. The van der Waals surface area contributed by atoms with Crippen molar-refractivity contribution in [3.63, 3.8) is 0 Å². The van der Waals surface area contributed by atoms with E-state index >= 15 is 0 Å². The molecule has 3 nitrogen and oxygen atoms in total. The predicted molar refractivity (Wildman–Crippen MR) is 61.7 cm³/mol. The van der Waals surface area contributed by atoms with Crippen molar-refractivity contribution < 1.29 is 0 Å². The second-order valence-corrected chi connectivity index (χ2v) is 3.77. The number of nitrogens with zero attached hydrogens (tertiary/aromatic N) is 2. The topological polar surface area (TPSA) is 59.6 Å². The van der Waals surface area contributed by atoms with Crippen LogP contribution in [0.2, 0.25) is 0 Å². The van der Waals surface area contributed by atoms with Gasteiger partial charge in [0, 0.05) is 15.9 Å². The summed E-state index contributed by atoms with van der Waals surface area (Å²) in [5.41, 5.74) is 1.50. The summed E-state index contributed by atoms with van der Waals surface area (Å²) in [6.07, 6.45) is 0. The summed E-state index contributed by atoms with van der Waals surface area (Å²) in [6, 6.07) is 11.1. The van der Waals surface area contributed by atoms with Crippen LogP contribution in [-0.4, -0.2) is 0 Å². The van der Waals surface area contributed by atoms with Crippen LogP contribution >= 0.6 is 15.9 Å². The molecule has 0 fully saturated rings. The predicted octanol–water partition coefficient (Wildman–Crippen LogP) is 3.18. The molecule has 1 N–H and O–H groups in total. The summed E-state index contributed by atoms with van der Waals surface area (Å²) in [5.74, 6) is 0. The Kier molecular flexibility index (Phi) is 3.91. The van der Waals surface area contributed by atoms with Gasteiger partial charge < -0.3 is 5.32 Å². The average molecular weight is 262 g/mol. The minimum Gasteiger partial charge on any atom is -0.357 e. The standard InChI is InChI=1S/C11H8BrN3/c1-8(9(6-13)7-14)15-11-4-2-10(12)3-5-11/h2-5,15H,1H3. The van der Waals surface area contributed by atoms with E-state index in [9.17, 15) is 0 Å². The molecule has 0 bridgehead atoms. The number of rotatable bonds is 2. The minimum absolute atomic E-state index is 0.0953. The number of anilines is 1. The Morgan fingerprint density at radius 2 is 1.73 bits per heavy atom. The summed E-state index contributed by atoms with van der Waals surface area (Å²) in [7, 11) is 0. The zero-order chi connectivity index (χ0) is 11.3. The number of hydrogen-bond donors (Lipinski definition) is 1. The number of halogens is 1. The van der Waals surface area contributed by atoms with Crippen molar-refractivity contribution >= 4 is 21.6 Å². The van der Waals surface area contributed by atoms with Gasteiger partial charge in [-0.2, -0.15) is 10.5 Å². The lowest BCUT2D eigenvalue weighted by atomic mass is 10.2. The third-order valence-electron chi connectivity index (χ3n) is 1.77. The maximum absolute atomic E-state index is 8.64. The highest BCUT2D eigenvalue weighted by Crippen LogP contribution is 2.16. The first kappa shape index (κ1) is 11.3. The zero-order valence-electron chi connectivity index (χ0n) is 8.08. The number of hydrogen-bond acceptors (Lipinski definition) is 3. The van der Waals surface area contributed by atoms with Gasteiger partial charge in [-0.15, -0.1) is 0 Å². The first-order valence-electron chi connectivity index (χ1n) is 4.21. The summed E-state index contributed by atoms with van der Waals surface area (Å²) < 4.78 is 0.982. The van der Waals surface area contributed by atoms with Gasteiger partial charge in [-0.1, -0.05) is 15.9 Å². The molecule has 0 saturated carbocycles. The number of nitriles is 2.